The van der Waals surface area contributed by atoms with Crippen LogP contribution in [0.3, 0.4) is 0 Å². The first kappa shape index (κ1) is 12.5. The number of rotatable bonds is 1. The molecule has 0 radical (unpaired) electrons. The molecule has 0 atom stereocenters. The lowest BCUT2D eigenvalue weighted by Crippen LogP contribution is -2.46. The largest absolute Gasteiger partial charge is 0.369 e. The quantitative estimate of drug-likeness (QED) is 0.494. The molecule has 0 aliphatic rings. The SMILES string of the molecule is CNC(=O)N(C(=N)N)c1c(C)cccc1C#N. The van der Waals surface area contributed by atoms with E-state index in [-0.39, 0.29) is 0 Å². The maximum atomic E-state index is 11.7. The van der Waals surface area contributed by atoms with Gasteiger partial charge in [0, 0.05) is 7.05 Å². The molecular weight excluding hydrogens is 218 g/mol. The molecule has 0 unspecified atom stereocenters. The molecule has 1 aromatic rings. The van der Waals surface area contributed by atoms with Crippen molar-refractivity contribution < 1.29 is 4.79 Å². The minimum absolute atomic E-state index is 0.295. The molecule has 2 amide bonds. The van der Waals surface area contributed by atoms with Crippen molar-refractivity contribution in [2.24, 2.45) is 5.73 Å². The van der Waals surface area contributed by atoms with Crippen LogP contribution in [0.4, 0.5) is 10.5 Å². The van der Waals surface area contributed by atoms with Crippen molar-refractivity contribution in [2.75, 3.05) is 11.9 Å². The number of benzene rings is 1. The molecule has 0 bridgehead atoms. The minimum atomic E-state index is -0.552. The fraction of sp³-hybridized carbons (Fsp3) is 0.182. The number of nitrogens with two attached hydrogens (primary N) is 1. The molecular formula is C11H13N5O. The van der Waals surface area contributed by atoms with Gasteiger partial charge in [-0.15, -0.1) is 0 Å². The lowest BCUT2D eigenvalue weighted by Gasteiger charge is -2.22. The van der Waals surface area contributed by atoms with Crippen LogP contribution in [0.2, 0.25) is 0 Å². The summed E-state index contributed by atoms with van der Waals surface area (Å²) in [5, 5.41) is 18.8. The Hall–Kier alpha value is -2.55. The topological polar surface area (TPSA) is 106 Å². The van der Waals surface area contributed by atoms with E-state index < -0.39 is 12.0 Å². The van der Waals surface area contributed by atoms with Gasteiger partial charge in [-0.1, -0.05) is 12.1 Å². The molecule has 88 valence electrons. The first-order chi connectivity index (χ1) is 8.02. The lowest BCUT2D eigenvalue weighted by atomic mass is 10.1. The van der Waals surface area contributed by atoms with Crippen LogP contribution in [0, 0.1) is 23.7 Å². The average molecular weight is 231 g/mol. The number of urea groups is 1. The zero-order valence-electron chi connectivity index (χ0n) is 9.61. The first-order valence-corrected chi connectivity index (χ1v) is 4.88. The first-order valence-electron chi connectivity index (χ1n) is 4.88. The number of anilines is 1. The van der Waals surface area contributed by atoms with Crippen molar-refractivity contribution in [1.29, 1.82) is 10.7 Å². The van der Waals surface area contributed by atoms with E-state index in [1.807, 2.05) is 6.07 Å². The van der Waals surface area contributed by atoms with Gasteiger partial charge < -0.3 is 11.1 Å². The number of hydrogen-bond donors (Lipinski definition) is 3. The molecule has 0 saturated heterocycles. The highest BCUT2D eigenvalue weighted by molar-refractivity contribution is 6.15. The molecule has 6 nitrogen and oxygen atoms in total. The van der Waals surface area contributed by atoms with E-state index in [9.17, 15) is 4.79 Å². The Morgan fingerprint density at radius 3 is 2.71 bits per heavy atom. The van der Waals surface area contributed by atoms with Gasteiger partial charge in [-0.3, -0.25) is 5.41 Å². The zero-order chi connectivity index (χ0) is 13.0. The number of amides is 2. The maximum Gasteiger partial charge on any atom is 0.328 e. The summed E-state index contributed by atoms with van der Waals surface area (Å²) in [5.41, 5.74) is 6.70. The summed E-state index contributed by atoms with van der Waals surface area (Å²) in [5.74, 6) is -0.435. The average Bonchev–Trinajstić information content (AvgIpc) is 2.30. The molecule has 0 heterocycles. The maximum absolute atomic E-state index is 11.7. The number of carbonyl (C=O) groups is 1. The standard InChI is InChI=1S/C11H13N5O/c1-7-4-3-5-8(6-12)9(7)16(10(13)14)11(17)15-2/h3-5H,1-2H3,(H3,13,14)(H,15,17). The molecule has 1 rings (SSSR count). The molecule has 0 fully saturated rings. The summed E-state index contributed by atoms with van der Waals surface area (Å²) in [6, 6.07) is 6.45. The molecule has 17 heavy (non-hydrogen) atoms. The predicted molar refractivity (Wildman–Crippen MR) is 64.7 cm³/mol. The number of para-hydroxylation sites is 1. The van der Waals surface area contributed by atoms with E-state index in [0.29, 0.717) is 16.8 Å². The monoisotopic (exact) mass is 231 g/mol. The van der Waals surface area contributed by atoms with Crippen LogP contribution in [0.25, 0.3) is 0 Å². The Labute approximate surface area is 99.1 Å². The summed E-state index contributed by atoms with van der Waals surface area (Å²) >= 11 is 0. The molecule has 0 aliphatic heterocycles. The summed E-state index contributed by atoms with van der Waals surface area (Å²) in [6.45, 7) is 1.75. The summed E-state index contributed by atoms with van der Waals surface area (Å²) in [4.78, 5) is 12.6. The van der Waals surface area contributed by atoms with Crippen LogP contribution in [-0.4, -0.2) is 19.0 Å². The minimum Gasteiger partial charge on any atom is -0.369 e. The second-order valence-corrected chi connectivity index (χ2v) is 3.36. The van der Waals surface area contributed by atoms with Gasteiger partial charge in [-0.2, -0.15) is 5.26 Å². The van der Waals surface area contributed by atoms with Crippen LogP contribution in [-0.2, 0) is 0 Å². The van der Waals surface area contributed by atoms with E-state index in [4.69, 9.17) is 16.4 Å². The number of aryl methyl sites for hydroxylation is 1. The molecule has 0 saturated carbocycles. The van der Waals surface area contributed by atoms with E-state index >= 15 is 0 Å². The van der Waals surface area contributed by atoms with Crippen LogP contribution in [0.1, 0.15) is 11.1 Å². The van der Waals surface area contributed by atoms with Crippen LogP contribution in [0.15, 0.2) is 18.2 Å². The second kappa shape index (κ2) is 4.99. The Balaban J connectivity index is 3.43. The highest BCUT2D eigenvalue weighted by Gasteiger charge is 2.22. The normalized spacial score (nSPS) is 9.24. The van der Waals surface area contributed by atoms with E-state index in [1.54, 1.807) is 25.1 Å². The van der Waals surface area contributed by atoms with Gasteiger partial charge in [0.2, 0.25) is 5.96 Å². The number of carbonyl (C=O) groups excluding carboxylic acids is 1. The highest BCUT2D eigenvalue weighted by atomic mass is 16.2. The van der Waals surface area contributed by atoms with E-state index in [1.165, 1.54) is 7.05 Å². The van der Waals surface area contributed by atoms with Crippen molar-refractivity contribution in [3.8, 4) is 6.07 Å². The van der Waals surface area contributed by atoms with Gasteiger partial charge in [0.25, 0.3) is 0 Å². The van der Waals surface area contributed by atoms with Crippen LogP contribution in [0.5, 0.6) is 0 Å². The third kappa shape index (κ3) is 2.34. The van der Waals surface area contributed by atoms with Crippen molar-refractivity contribution in [3.05, 3.63) is 29.3 Å². The van der Waals surface area contributed by atoms with Gasteiger partial charge in [0.1, 0.15) is 6.07 Å². The molecule has 0 spiro atoms. The third-order valence-corrected chi connectivity index (χ3v) is 2.24. The fourth-order valence-electron chi connectivity index (χ4n) is 1.49. The van der Waals surface area contributed by atoms with Gasteiger partial charge in [-0.05, 0) is 18.6 Å². The molecule has 0 aliphatic carbocycles. The number of nitrogens with zero attached hydrogens (tertiary/aromatic N) is 2. The Bertz CT molecular complexity index is 503. The second-order valence-electron chi connectivity index (χ2n) is 3.36. The van der Waals surface area contributed by atoms with E-state index in [0.717, 1.165) is 4.90 Å². The van der Waals surface area contributed by atoms with Crippen molar-refractivity contribution >= 4 is 17.7 Å². The summed E-state index contributed by atoms with van der Waals surface area (Å²) in [7, 11) is 1.43. The van der Waals surface area contributed by atoms with Crippen LogP contribution < -0.4 is 16.0 Å². The molecule has 6 heteroatoms. The Morgan fingerprint density at radius 1 is 1.59 bits per heavy atom. The smallest absolute Gasteiger partial charge is 0.328 e. The zero-order valence-corrected chi connectivity index (χ0v) is 9.61. The lowest BCUT2D eigenvalue weighted by molar-refractivity contribution is 0.251. The predicted octanol–water partition coefficient (Wildman–Crippen LogP) is 0.906. The van der Waals surface area contributed by atoms with E-state index in [2.05, 4.69) is 5.32 Å². The Kier molecular flexibility index (Phi) is 3.67. The summed E-state index contributed by atoms with van der Waals surface area (Å²) in [6.07, 6.45) is 0. The van der Waals surface area contributed by atoms with Gasteiger partial charge in [-0.25, -0.2) is 9.69 Å². The Morgan fingerprint density at radius 2 is 2.24 bits per heavy atom. The van der Waals surface area contributed by atoms with Gasteiger partial charge in [0.15, 0.2) is 0 Å². The summed E-state index contributed by atoms with van der Waals surface area (Å²) < 4.78 is 0. The number of guanidine groups is 1. The van der Waals surface area contributed by atoms with Gasteiger partial charge >= 0.3 is 6.03 Å². The van der Waals surface area contributed by atoms with Crippen molar-refractivity contribution in [1.82, 2.24) is 5.32 Å². The number of hydrogen-bond acceptors (Lipinski definition) is 3. The van der Waals surface area contributed by atoms with Crippen molar-refractivity contribution in [3.63, 3.8) is 0 Å². The molecule has 1 aromatic carbocycles. The number of nitriles is 1. The molecule has 0 aromatic heterocycles. The molecule has 4 N–H and O–H groups in total. The van der Waals surface area contributed by atoms with Gasteiger partial charge in [0.05, 0.1) is 11.3 Å². The highest BCUT2D eigenvalue weighted by Crippen LogP contribution is 2.24. The number of nitrogens with one attached hydrogen (secondary N) is 2. The fourth-order valence-corrected chi connectivity index (χ4v) is 1.49. The third-order valence-electron chi connectivity index (χ3n) is 2.24. The van der Waals surface area contributed by atoms with Crippen LogP contribution >= 0.6 is 0 Å². The van der Waals surface area contributed by atoms with Crippen molar-refractivity contribution in [2.45, 2.75) is 6.92 Å².